The number of nitrogens with zero attached hydrogens (tertiary/aromatic N) is 3. The van der Waals surface area contributed by atoms with Crippen LogP contribution in [0.15, 0.2) is 49.8 Å². The maximum absolute atomic E-state index is 11.4. The van der Waals surface area contributed by atoms with Crippen molar-refractivity contribution < 1.29 is 4.42 Å². The predicted molar refractivity (Wildman–Crippen MR) is 102 cm³/mol. The van der Waals surface area contributed by atoms with E-state index in [1.165, 1.54) is 11.8 Å². The summed E-state index contributed by atoms with van der Waals surface area (Å²) >= 11 is 1.31. The molecule has 11 nitrogen and oxygen atoms in total. The smallest absolute Gasteiger partial charge is 0.323 e. The topological polar surface area (TPSA) is 180 Å². The Kier molecular flexibility index (Phi) is 4.40. The van der Waals surface area contributed by atoms with E-state index in [4.69, 9.17) is 16.1 Å². The van der Waals surface area contributed by atoms with Gasteiger partial charge in [0.1, 0.15) is 11.6 Å². The summed E-state index contributed by atoms with van der Waals surface area (Å²) in [5.41, 5.74) is 4.42. The van der Waals surface area contributed by atoms with Gasteiger partial charge >= 0.3 is 5.69 Å². The van der Waals surface area contributed by atoms with E-state index in [1.807, 2.05) is 24.3 Å². The van der Waals surface area contributed by atoms with Crippen molar-refractivity contribution in [2.24, 2.45) is 16.8 Å². The van der Waals surface area contributed by atoms with Gasteiger partial charge in [-0.3, -0.25) is 5.10 Å². The van der Waals surface area contributed by atoms with Crippen LogP contribution >= 0.6 is 11.8 Å². The Labute approximate surface area is 155 Å². The number of thioether (sulfide) groups is 1. The maximum atomic E-state index is 11.4. The van der Waals surface area contributed by atoms with Gasteiger partial charge in [-0.05, 0) is 30.3 Å². The molecule has 4 rings (SSSR count). The summed E-state index contributed by atoms with van der Waals surface area (Å²) in [7, 11) is 0. The third-order valence-electron chi connectivity index (χ3n) is 3.77. The molecule has 27 heavy (non-hydrogen) atoms. The molecule has 138 valence electrons. The molecule has 0 atom stereocenters. The highest BCUT2D eigenvalue weighted by atomic mass is 32.2. The van der Waals surface area contributed by atoms with Crippen molar-refractivity contribution in [1.29, 1.82) is 0 Å². The van der Waals surface area contributed by atoms with Gasteiger partial charge in [-0.2, -0.15) is 10.1 Å². The van der Waals surface area contributed by atoms with Crippen molar-refractivity contribution in [2.45, 2.75) is 5.16 Å². The van der Waals surface area contributed by atoms with Gasteiger partial charge in [0.25, 0.3) is 0 Å². The molecule has 0 saturated carbocycles. The molecule has 0 saturated heterocycles. The number of amidine groups is 1. The monoisotopic (exact) mass is 385 g/mol. The molecule has 12 heteroatoms. The first-order valence-corrected chi connectivity index (χ1v) is 8.76. The lowest BCUT2D eigenvalue weighted by Crippen LogP contribution is -2.33. The molecule has 0 radical (unpaired) electrons. The van der Waals surface area contributed by atoms with E-state index in [9.17, 15) is 4.79 Å². The van der Waals surface area contributed by atoms with Gasteiger partial charge in [0, 0.05) is 5.56 Å². The maximum Gasteiger partial charge on any atom is 0.323 e. The first-order valence-electron chi connectivity index (χ1n) is 7.77. The van der Waals surface area contributed by atoms with Crippen LogP contribution in [0.1, 0.15) is 0 Å². The molecule has 0 unspecified atom stereocenters. The zero-order valence-corrected chi connectivity index (χ0v) is 14.6. The number of imidazole rings is 1. The standard InChI is InChI=1S/C15H15N9O2S/c16-21-12(22-17)6-27-15-20-13(23-24-15)11-4-3-10(26-11)7-1-2-8-9(5-7)19-14(25)18-8/h1-5H,6,16-17H2,(H,21,22)(H2,18,19,25)(H,20,23,24). The summed E-state index contributed by atoms with van der Waals surface area (Å²) in [5.74, 6) is 13.0. The number of H-pyrrole nitrogens is 3. The number of nitrogens with one attached hydrogen (secondary N) is 4. The second-order valence-electron chi connectivity index (χ2n) is 5.48. The van der Waals surface area contributed by atoms with Gasteiger partial charge < -0.3 is 25.7 Å². The first kappa shape index (κ1) is 16.9. The minimum absolute atomic E-state index is 0.248. The summed E-state index contributed by atoms with van der Waals surface area (Å²) in [4.78, 5) is 21.2. The number of nitrogens with two attached hydrogens (primary N) is 2. The molecule has 4 aromatic rings. The lowest BCUT2D eigenvalue weighted by Gasteiger charge is -1.99. The van der Waals surface area contributed by atoms with E-state index in [0.29, 0.717) is 39.6 Å². The lowest BCUT2D eigenvalue weighted by molar-refractivity contribution is 0.592. The number of aromatic amines is 3. The van der Waals surface area contributed by atoms with E-state index >= 15 is 0 Å². The number of hydrogen-bond acceptors (Lipinski definition) is 8. The number of benzene rings is 1. The van der Waals surface area contributed by atoms with E-state index in [2.05, 4.69) is 35.7 Å². The fourth-order valence-corrected chi connectivity index (χ4v) is 3.17. The van der Waals surface area contributed by atoms with Crippen LogP contribution in [0.3, 0.4) is 0 Å². The highest BCUT2D eigenvalue weighted by molar-refractivity contribution is 7.99. The molecule has 0 aliphatic heterocycles. The fraction of sp³-hybridized carbons (Fsp3) is 0.0667. The first-order chi connectivity index (χ1) is 13.2. The molecule has 0 amide bonds. The van der Waals surface area contributed by atoms with Gasteiger partial charge in [0.05, 0.1) is 16.8 Å². The molecule has 0 fully saturated rings. The van der Waals surface area contributed by atoms with Crippen LogP contribution in [0.25, 0.3) is 33.9 Å². The number of fused-ring (bicyclic) bond motifs is 1. The Morgan fingerprint density at radius 3 is 2.85 bits per heavy atom. The van der Waals surface area contributed by atoms with Crippen LogP contribution in [-0.4, -0.2) is 36.7 Å². The fourth-order valence-electron chi connectivity index (χ4n) is 2.48. The quantitative estimate of drug-likeness (QED) is 0.0956. The molecule has 8 N–H and O–H groups in total. The number of hydrogen-bond donors (Lipinski definition) is 6. The van der Waals surface area contributed by atoms with Crippen LogP contribution in [-0.2, 0) is 0 Å². The van der Waals surface area contributed by atoms with Crippen molar-refractivity contribution in [3.05, 3.63) is 40.8 Å². The van der Waals surface area contributed by atoms with Gasteiger partial charge in [-0.15, -0.1) is 5.10 Å². The lowest BCUT2D eigenvalue weighted by atomic mass is 10.1. The zero-order chi connectivity index (χ0) is 18.8. The van der Waals surface area contributed by atoms with Gasteiger partial charge in [0.15, 0.2) is 11.6 Å². The van der Waals surface area contributed by atoms with Crippen molar-refractivity contribution in [3.8, 4) is 22.9 Å². The largest absolute Gasteiger partial charge is 0.453 e. The normalized spacial score (nSPS) is 12.0. The number of hydrazine groups is 1. The summed E-state index contributed by atoms with van der Waals surface area (Å²) < 4.78 is 5.87. The average molecular weight is 385 g/mol. The molecule has 1 aromatic carbocycles. The van der Waals surface area contributed by atoms with Gasteiger partial charge in [0.2, 0.25) is 5.16 Å². The molecular formula is C15H15N9O2S. The van der Waals surface area contributed by atoms with Crippen molar-refractivity contribution in [3.63, 3.8) is 0 Å². The molecule has 0 spiro atoms. The van der Waals surface area contributed by atoms with E-state index in [-0.39, 0.29) is 5.69 Å². The zero-order valence-electron chi connectivity index (χ0n) is 13.8. The third kappa shape index (κ3) is 3.43. The molecule has 0 bridgehead atoms. The summed E-state index contributed by atoms with van der Waals surface area (Å²) in [5, 5.41) is 10.9. The Morgan fingerprint density at radius 2 is 2.04 bits per heavy atom. The summed E-state index contributed by atoms with van der Waals surface area (Å²) in [6, 6.07) is 9.14. The van der Waals surface area contributed by atoms with E-state index < -0.39 is 0 Å². The van der Waals surface area contributed by atoms with Gasteiger partial charge in [-0.1, -0.05) is 11.8 Å². The number of rotatable bonds is 5. The third-order valence-corrected chi connectivity index (χ3v) is 4.62. The van der Waals surface area contributed by atoms with E-state index in [1.54, 1.807) is 6.07 Å². The number of aromatic nitrogens is 5. The second kappa shape index (κ2) is 7.01. The van der Waals surface area contributed by atoms with Crippen molar-refractivity contribution in [2.75, 3.05) is 5.75 Å². The minimum Gasteiger partial charge on any atom is -0.453 e. The van der Waals surface area contributed by atoms with E-state index in [0.717, 1.165) is 11.1 Å². The molecular weight excluding hydrogens is 370 g/mol. The molecule has 0 aliphatic carbocycles. The summed E-state index contributed by atoms with van der Waals surface area (Å²) in [6.45, 7) is 0. The Balaban J connectivity index is 1.54. The molecule has 0 aliphatic rings. The van der Waals surface area contributed by atoms with Crippen LogP contribution in [0.2, 0.25) is 0 Å². The molecule has 3 heterocycles. The highest BCUT2D eigenvalue weighted by Gasteiger charge is 2.13. The Hall–Kier alpha value is -3.51. The van der Waals surface area contributed by atoms with Crippen LogP contribution in [0.4, 0.5) is 0 Å². The molecule has 3 aromatic heterocycles. The SMILES string of the molecule is N/N=C(/CSc1n[nH]c(-c2ccc(-c3ccc4[nH]c(=O)[nH]c4c3)o2)n1)NN. The minimum atomic E-state index is -0.248. The predicted octanol–water partition coefficient (Wildman–Crippen LogP) is 0.729. The number of furan rings is 1. The number of hydrazone groups is 1. The average Bonchev–Trinajstić information content (AvgIpc) is 3.40. The second-order valence-corrected chi connectivity index (χ2v) is 6.42. The highest BCUT2D eigenvalue weighted by Crippen LogP contribution is 2.28. The van der Waals surface area contributed by atoms with Crippen LogP contribution in [0.5, 0.6) is 0 Å². The Morgan fingerprint density at radius 1 is 1.22 bits per heavy atom. The van der Waals surface area contributed by atoms with Crippen LogP contribution < -0.4 is 22.8 Å². The van der Waals surface area contributed by atoms with Crippen molar-refractivity contribution >= 4 is 28.6 Å². The van der Waals surface area contributed by atoms with Crippen LogP contribution in [0, 0.1) is 0 Å². The van der Waals surface area contributed by atoms with Crippen molar-refractivity contribution in [1.82, 2.24) is 30.6 Å². The Bertz CT molecular complexity index is 1170. The van der Waals surface area contributed by atoms with Gasteiger partial charge in [-0.25, -0.2) is 10.6 Å². The summed E-state index contributed by atoms with van der Waals surface area (Å²) in [6.07, 6.45) is 0.